The number of nitrogens with zero attached hydrogens (tertiary/aromatic N) is 6. The second-order valence-electron chi connectivity index (χ2n) is 6.56. The van der Waals surface area contributed by atoms with Gasteiger partial charge in [-0.15, -0.1) is 10.2 Å². The fraction of sp³-hybridized carbons (Fsp3) is 0.562. The number of amides is 1. The molecular weight excluding hydrogens is 306 g/mol. The average Bonchev–Trinajstić information content (AvgIpc) is 3.31. The van der Waals surface area contributed by atoms with E-state index in [0.717, 1.165) is 31.7 Å². The van der Waals surface area contributed by atoms with Crippen LogP contribution in [0.5, 0.6) is 0 Å². The van der Waals surface area contributed by atoms with Crippen LogP contribution in [0.25, 0.3) is 5.82 Å². The van der Waals surface area contributed by atoms with Gasteiger partial charge in [0.15, 0.2) is 11.6 Å². The van der Waals surface area contributed by atoms with Crippen molar-refractivity contribution in [3.8, 4) is 5.82 Å². The van der Waals surface area contributed by atoms with E-state index < -0.39 is 0 Å². The van der Waals surface area contributed by atoms with Crippen molar-refractivity contribution in [2.24, 2.45) is 11.8 Å². The number of piperidine rings is 1. The second kappa shape index (κ2) is 6.54. The number of hydrogen-bond donors (Lipinski definition) is 1. The molecule has 2 aromatic heterocycles. The fourth-order valence-corrected chi connectivity index (χ4v) is 3.05. The van der Waals surface area contributed by atoms with Crippen molar-refractivity contribution in [2.75, 3.05) is 24.5 Å². The van der Waals surface area contributed by atoms with Crippen molar-refractivity contribution in [1.82, 2.24) is 30.3 Å². The Labute approximate surface area is 140 Å². The van der Waals surface area contributed by atoms with Crippen LogP contribution in [0.15, 0.2) is 24.8 Å². The zero-order chi connectivity index (χ0) is 16.4. The van der Waals surface area contributed by atoms with Gasteiger partial charge in [-0.2, -0.15) is 5.10 Å². The Morgan fingerprint density at radius 2 is 2.04 bits per heavy atom. The van der Waals surface area contributed by atoms with Crippen LogP contribution in [0.2, 0.25) is 0 Å². The highest BCUT2D eigenvalue weighted by Gasteiger charge is 2.28. The minimum absolute atomic E-state index is 0.0364. The van der Waals surface area contributed by atoms with Crippen molar-refractivity contribution < 1.29 is 4.79 Å². The monoisotopic (exact) mass is 327 g/mol. The predicted octanol–water partition coefficient (Wildman–Crippen LogP) is 0.800. The molecule has 2 aliphatic rings. The highest BCUT2D eigenvalue weighted by molar-refractivity contribution is 5.79. The highest BCUT2D eigenvalue weighted by Crippen LogP contribution is 2.28. The van der Waals surface area contributed by atoms with E-state index in [-0.39, 0.29) is 11.8 Å². The number of hydrogen-bond acceptors (Lipinski definition) is 6. The molecule has 0 bridgehead atoms. The van der Waals surface area contributed by atoms with Gasteiger partial charge in [0.25, 0.3) is 0 Å². The lowest BCUT2D eigenvalue weighted by Crippen LogP contribution is -2.43. The Bertz CT molecular complexity index is 681. The third kappa shape index (κ3) is 3.37. The van der Waals surface area contributed by atoms with Crippen molar-refractivity contribution in [3.63, 3.8) is 0 Å². The van der Waals surface area contributed by atoms with Crippen molar-refractivity contribution in [2.45, 2.75) is 25.7 Å². The van der Waals surface area contributed by atoms with Crippen LogP contribution in [-0.4, -0.2) is 50.5 Å². The fourth-order valence-electron chi connectivity index (χ4n) is 3.05. The predicted molar refractivity (Wildman–Crippen MR) is 87.6 cm³/mol. The van der Waals surface area contributed by atoms with Crippen LogP contribution < -0.4 is 10.2 Å². The van der Waals surface area contributed by atoms with Crippen LogP contribution in [-0.2, 0) is 4.79 Å². The van der Waals surface area contributed by atoms with Gasteiger partial charge in [-0.1, -0.05) is 0 Å². The number of anilines is 1. The Kier molecular flexibility index (Phi) is 4.10. The molecule has 3 heterocycles. The maximum Gasteiger partial charge on any atom is 0.224 e. The van der Waals surface area contributed by atoms with Crippen molar-refractivity contribution in [3.05, 3.63) is 24.8 Å². The van der Waals surface area contributed by atoms with E-state index >= 15 is 0 Å². The second-order valence-corrected chi connectivity index (χ2v) is 6.56. The maximum absolute atomic E-state index is 12.3. The molecule has 24 heavy (non-hydrogen) atoms. The van der Waals surface area contributed by atoms with Crippen LogP contribution in [0.4, 0.5) is 5.82 Å². The first-order valence-corrected chi connectivity index (χ1v) is 8.51. The summed E-state index contributed by atoms with van der Waals surface area (Å²) in [4.78, 5) is 18.4. The molecule has 1 saturated heterocycles. The normalized spacial score (nSPS) is 20.8. The minimum atomic E-state index is 0.0364. The summed E-state index contributed by atoms with van der Waals surface area (Å²) >= 11 is 0. The Morgan fingerprint density at radius 3 is 2.75 bits per heavy atom. The van der Waals surface area contributed by atoms with E-state index in [0.29, 0.717) is 18.3 Å². The van der Waals surface area contributed by atoms with Crippen molar-refractivity contribution >= 4 is 11.7 Å². The molecule has 1 saturated carbocycles. The summed E-state index contributed by atoms with van der Waals surface area (Å²) in [6.45, 7) is 2.44. The number of aromatic nitrogens is 5. The quantitative estimate of drug-likeness (QED) is 0.874. The summed E-state index contributed by atoms with van der Waals surface area (Å²) in [6, 6.07) is 3.79. The molecule has 0 radical (unpaired) electrons. The third-order valence-corrected chi connectivity index (χ3v) is 4.67. The molecule has 1 aliphatic carbocycles. The Morgan fingerprint density at radius 1 is 1.21 bits per heavy atom. The molecule has 2 fully saturated rings. The van der Waals surface area contributed by atoms with Crippen LogP contribution in [0, 0.1) is 11.8 Å². The number of carbonyl (C=O) groups is 1. The van der Waals surface area contributed by atoms with Crippen LogP contribution >= 0.6 is 0 Å². The van der Waals surface area contributed by atoms with E-state index in [2.05, 4.69) is 30.5 Å². The lowest BCUT2D eigenvalue weighted by Gasteiger charge is -2.32. The number of rotatable bonds is 5. The first-order chi connectivity index (χ1) is 11.8. The molecule has 0 spiro atoms. The first-order valence-electron chi connectivity index (χ1n) is 8.51. The lowest BCUT2D eigenvalue weighted by atomic mass is 9.97. The van der Waals surface area contributed by atoms with Crippen LogP contribution in [0.1, 0.15) is 25.7 Å². The zero-order valence-electron chi connectivity index (χ0n) is 13.5. The highest BCUT2D eigenvalue weighted by atomic mass is 16.1. The molecular formula is C16H21N7O. The molecule has 1 aliphatic heterocycles. The molecule has 126 valence electrons. The zero-order valence-corrected chi connectivity index (χ0v) is 13.5. The van der Waals surface area contributed by atoms with Gasteiger partial charge in [-0.25, -0.2) is 9.67 Å². The van der Waals surface area contributed by atoms with Gasteiger partial charge in [0.2, 0.25) is 5.91 Å². The summed E-state index contributed by atoms with van der Waals surface area (Å²) < 4.78 is 1.57. The summed E-state index contributed by atoms with van der Waals surface area (Å²) in [5.74, 6) is 2.36. The molecule has 1 atom stereocenters. The average molecular weight is 327 g/mol. The molecule has 8 nitrogen and oxygen atoms in total. The van der Waals surface area contributed by atoms with Gasteiger partial charge >= 0.3 is 0 Å². The van der Waals surface area contributed by atoms with Gasteiger partial charge < -0.3 is 10.2 Å². The Balaban J connectivity index is 1.39. The standard InChI is InChI=1S/C16H21N7O/c24-16(18-8-12-3-4-12)13-2-1-7-22(9-13)14-5-6-15(21-20-14)23-11-17-10-19-23/h5-6,10-13H,1-4,7-9H2,(H,18,24). The molecule has 8 heteroatoms. The van der Waals surface area contributed by atoms with E-state index in [4.69, 9.17) is 0 Å². The molecule has 4 rings (SSSR count). The van der Waals surface area contributed by atoms with E-state index in [1.54, 1.807) is 11.0 Å². The molecule has 2 aromatic rings. The van der Waals surface area contributed by atoms with E-state index in [9.17, 15) is 4.79 Å². The number of carbonyl (C=O) groups excluding carboxylic acids is 1. The van der Waals surface area contributed by atoms with E-state index in [1.807, 2.05) is 12.1 Å². The van der Waals surface area contributed by atoms with Gasteiger partial charge in [-0.05, 0) is 43.7 Å². The number of nitrogens with one attached hydrogen (secondary N) is 1. The maximum atomic E-state index is 12.3. The lowest BCUT2D eigenvalue weighted by molar-refractivity contribution is -0.125. The molecule has 1 N–H and O–H groups in total. The summed E-state index contributed by atoms with van der Waals surface area (Å²) in [7, 11) is 0. The molecule has 0 aromatic carbocycles. The van der Waals surface area contributed by atoms with Gasteiger partial charge in [-0.3, -0.25) is 4.79 Å². The van der Waals surface area contributed by atoms with E-state index in [1.165, 1.54) is 19.2 Å². The summed E-state index contributed by atoms with van der Waals surface area (Å²) in [5.41, 5.74) is 0. The van der Waals surface area contributed by atoms with Crippen molar-refractivity contribution in [1.29, 1.82) is 0 Å². The minimum Gasteiger partial charge on any atom is -0.356 e. The topological polar surface area (TPSA) is 88.8 Å². The smallest absolute Gasteiger partial charge is 0.224 e. The van der Waals surface area contributed by atoms with Gasteiger partial charge in [0.1, 0.15) is 12.7 Å². The molecule has 1 unspecified atom stereocenters. The Hall–Kier alpha value is -2.51. The largest absolute Gasteiger partial charge is 0.356 e. The first kappa shape index (κ1) is 15.0. The molecule has 1 amide bonds. The third-order valence-electron chi connectivity index (χ3n) is 4.67. The summed E-state index contributed by atoms with van der Waals surface area (Å²) in [6.07, 6.45) is 7.50. The SMILES string of the molecule is O=C(NCC1CC1)C1CCCN(c2ccc(-n3cncn3)nn2)C1. The summed E-state index contributed by atoms with van der Waals surface area (Å²) in [5, 5.41) is 15.6. The van der Waals surface area contributed by atoms with Gasteiger partial charge in [0.05, 0.1) is 5.92 Å². The van der Waals surface area contributed by atoms with Crippen LogP contribution in [0.3, 0.4) is 0 Å². The van der Waals surface area contributed by atoms with Gasteiger partial charge in [0, 0.05) is 19.6 Å².